The number of fused-ring (bicyclic) bond motifs is 1. The number of ether oxygens (including phenoxy) is 1. The summed E-state index contributed by atoms with van der Waals surface area (Å²) in [5.41, 5.74) is 4.59. The first kappa shape index (κ1) is 34.2. The third-order valence-corrected chi connectivity index (χ3v) is 9.11. The van der Waals surface area contributed by atoms with Crippen molar-refractivity contribution in [2.75, 3.05) is 31.3 Å². The maximum Gasteiger partial charge on any atom is 0.406 e. The van der Waals surface area contributed by atoms with E-state index in [2.05, 4.69) is 20.0 Å². The SMILES string of the molecule is CC(C)C[C@H](NP(=O)(OCCSC(=O)C(C)(C)CO)OC[C@H]1O[C@@H](n2cnc3c(N)nc(F)nc32)[C@@H](O)[C@@H]1O)C(=O)O. The van der Waals surface area contributed by atoms with Crippen LogP contribution in [0.25, 0.3) is 11.2 Å². The molecule has 0 bridgehead atoms. The lowest BCUT2D eigenvalue weighted by molar-refractivity contribution is -0.139. The first-order chi connectivity index (χ1) is 19.6. The molecule has 6 atom stereocenters. The molecule has 19 heteroatoms. The van der Waals surface area contributed by atoms with Gasteiger partial charge in [-0.05, 0) is 26.2 Å². The number of nitrogens with two attached hydrogens (primary N) is 1. The number of thioether (sulfide) groups is 1. The molecule has 0 spiro atoms. The van der Waals surface area contributed by atoms with Gasteiger partial charge in [0, 0.05) is 5.75 Å². The number of nitrogens with one attached hydrogen (secondary N) is 1. The van der Waals surface area contributed by atoms with Crippen molar-refractivity contribution in [1.29, 1.82) is 0 Å². The van der Waals surface area contributed by atoms with Gasteiger partial charge in [0.25, 0.3) is 0 Å². The van der Waals surface area contributed by atoms with Gasteiger partial charge in [-0.2, -0.15) is 14.4 Å². The molecule has 16 nitrogen and oxygen atoms in total. The van der Waals surface area contributed by atoms with Crippen molar-refractivity contribution in [1.82, 2.24) is 24.6 Å². The summed E-state index contributed by atoms with van der Waals surface area (Å²) in [6, 6.07) is -1.33. The number of aromatic nitrogens is 4. The number of nitrogen functional groups attached to an aromatic ring is 1. The molecule has 1 saturated heterocycles. The van der Waals surface area contributed by atoms with Crippen LogP contribution in [-0.2, 0) is 27.9 Å². The quantitative estimate of drug-likeness (QED) is 0.0892. The van der Waals surface area contributed by atoms with Crippen LogP contribution in [0.3, 0.4) is 0 Å². The number of hydrogen-bond donors (Lipinski definition) is 6. The van der Waals surface area contributed by atoms with Crippen LogP contribution in [0.15, 0.2) is 6.33 Å². The van der Waals surface area contributed by atoms with Gasteiger partial charge in [0.1, 0.15) is 24.4 Å². The number of rotatable bonds is 15. The molecule has 7 N–H and O–H groups in total. The van der Waals surface area contributed by atoms with Crippen LogP contribution in [0.4, 0.5) is 10.2 Å². The molecule has 2 aromatic rings. The fraction of sp³-hybridized carbons (Fsp3) is 0.696. The molecular weight excluding hydrogens is 602 g/mol. The van der Waals surface area contributed by atoms with E-state index in [1.807, 2.05) is 0 Å². The molecule has 236 valence electrons. The van der Waals surface area contributed by atoms with E-state index in [1.165, 1.54) is 0 Å². The Hall–Kier alpha value is -2.28. The van der Waals surface area contributed by atoms with E-state index >= 15 is 0 Å². The van der Waals surface area contributed by atoms with Gasteiger partial charge in [0.2, 0.25) is 0 Å². The molecule has 1 unspecified atom stereocenters. The summed E-state index contributed by atoms with van der Waals surface area (Å²) in [5.74, 6) is -1.65. The zero-order valence-electron chi connectivity index (χ0n) is 23.4. The van der Waals surface area contributed by atoms with Crippen molar-refractivity contribution in [3.63, 3.8) is 0 Å². The first-order valence-electron chi connectivity index (χ1n) is 12.9. The largest absolute Gasteiger partial charge is 0.480 e. The topological polar surface area (TPSA) is 241 Å². The van der Waals surface area contributed by atoms with E-state index in [0.717, 1.165) is 22.7 Å². The number of imidazole rings is 1. The van der Waals surface area contributed by atoms with E-state index in [4.69, 9.17) is 19.5 Å². The summed E-state index contributed by atoms with van der Waals surface area (Å²) in [6.07, 6.45) is -5.73. The predicted molar refractivity (Wildman–Crippen MR) is 147 cm³/mol. The molecule has 3 rings (SSSR count). The van der Waals surface area contributed by atoms with E-state index < -0.39 is 62.4 Å². The lowest BCUT2D eigenvalue weighted by atomic mass is 9.97. The molecule has 3 heterocycles. The Morgan fingerprint density at radius 3 is 2.60 bits per heavy atom. The summed E-state index contributed by atoms with van der Waals surface area (Å²) in [4.78, 5) is 35.1. The second-order valence-electron chi connectivity index (χ2n) is 10.7. The zero-order valence-corrected chi connectivity index (χ0v) is 25.1. The van der Waals surface area contributed by atoms with Crippen molar-refractivity contribution < 1.29 is 52.8 Å². The Balaban J connectivity index is 1.74. The van der Waals surface area contributed by atoms with Crippen LogP contribution in [-0.4, -0.2) is 101 Å². The number of halogens is 1. The van der Waals surface area contributed by atoms with Crippen LogP contribution < -0.4 is 10.8 Å². The number of carboxylic acids is 1. The van der Waals surface area contributed by atoms with Gasteiger partial charge in [-0.3, -0.25) is 23.2 Å². The van der Waals surface area contributed by atoms with Crippen LogP contribution >= 0.6 is 19.5 Å². The van der Waals surface area contributed by atoms with Crippen LogP contribution in [0, 0.1) is 17.4 Å². The number of carbonyl (C=O) groups excluding carboxylic acids is 1. The first-order valence-corrected chi connectivity index (χ1v) is 15.5. The lowest BCUT2D eigenvalue weighted by Gasteiger charge is -2.26. The molecule has 0 aliphatic carbocycles. The monoisotopic (exact) mass is 638 g/mol. The molecule has 42 heavy (non-hydrogen) atoms. The Kier molecular flexibility index (Phi) is 11.4. The number of carbonyl (C=O) groups is 2. The molecular formula is C23H36FN6O10PS. The van der Waals surface area contributed by atoms with Gasteiger partial charge in [-0.25, -0.2) is 14.6 Å². The normalized spacial score (nSPS) is 23.4. The molecule has 0 aromatic carbocycles. The number of hydrogen-bond acceptors (Lipinski definition) is 14. The van der Waals surface area contributed by atoms with Crippen molar-refractivity contribution in [2.45, 2.75) is 64.7 Å². The molecule has 2 aromatic heterocycles. The Bertz CT molecular complexity index is 1320. The summed E-state index contributed by atoms with van der Waals surface area (Å²) in [6.45, 7) is 5.34. The molecule has 1 aliphatic heterocycles. The zero-order chi connectivity index (χ0) is 31.4. The Morgan fingerprint density at radius 2 is 1.98 bits per heavy atom. The summed E-state index contributed by atoms with van der Waals surface area (Å²) in [5, 5.41) is 42.4. The fourth-order valence-corrected chi connectivity index (χ4v) is 6.33. The summed E-state index contributed by atoms with van der Waals surface area (Å²) < 4.78 is 45.2. The number of aliphatic hydroxyl groups is 3. The smallest absolute Gasteiger partial charge is 0.406 e. The minimum atomic E-state index is -4.41. The van der Waals surface area contributed by atoms with Gasteiger partial charge in [0.05, 0.1) is 31.6 Å². The highest BCUT2D eigenvalue weighted by atomic mass is 32.2. The maximum absolute atomic E-state index is 13.8. The second kappa shape index (κ2) is 14.0. The van der Waals surface area contributed by atoms with Gasteiger partial charge < -0.3 is 30.9 Å². The van der Waals surface area contributed by atoms with Crippen molar-refractivity contribution in [2.24, 2.45) is 11.3 Å². The average Bonchev–Trinajstić information content (AvgIpc) is 3.45. The van der Waals surface area contributed by atoms with Gasteiger partial charge in [-0.15, -0.1) is 0 Å². The van der Waals surface area contributed by atoms with Gasteiger partial charge in [0.15, 0.2) is 28.3 Å². The standard InChI is InChI=1S/C23H36FN6O10PS/c1-11(2)7-12(20(34)35)29-41(37,38-5-6-42-21(36)23(3,4)9-31)39-8-13-15(32)16(33)19(40-13)30-10-26-14-17(25)27-22(24)28-18(14)30/h10-13,15-16,19,31-33H,5-9H2,1-4H3,(H,29,37)(H,34,35)(H2,25,27,28)/t12-,13+,15+,16-,19+,41?/m0/s1. The minimum absolute atomic E-state index is 0.0117. The highest BCUT2D eigenvalue weighted by Crippen LogP contribution is 2.46. The maximum atomic E-state index is 13.8. The minimum Gasteiger partial charge on any atom is -0.480 e. The Morgan fingerprint density at radius 1 is 1.29 bits per heavy atom. The molecule has 0 saturated carbocycles. The molecule has 0 radical (unpaired) electrons. The Labute approximate surface area is 244 Å². The third kappa shape index (κ3) is 8.21. The molecule has 1 fully saturated rings. The second-order valence-corrected chi connectivity index (χ2v) is 13.5. The highest BCUT2D eigenvalue weighted by Gasteiger charge is 2.46. The van der Waals surface area contributed by atoms with Crippen molar-refractivity contribution in [3.8, 4) is 0 Å². The lowest BCUT2D eigenvalue weighted by Crippen LogP contribution is -2.38. The van der Waals surface area contributed by atoms with Crippen LogP contribution in [0.1, 0.15) is 40.3 Å². The van der Waals surface area contributed by atoms with Crippen LogP contribution in [0.5, 0.6) is 0 Å². The van der Waals surface area contributed by atoms with Crippen LogP contribution in [0.2, 0.25) is 0 Å². The van der Waals surface area contributed by atoms with E-state index in [-0.39, 0.29) is 53.4 Å². The van der Waals surface area contributed by atoms with Gasteiger partial charge >= 0.3 is 19.8 Å². The summed E-state index contributed by atoms with van der Waals surface area (Å²) in [7, 11) is -4.41. The van der Waals surface area contributed by atoms with Crippen molar-refractivity contribution in [3.05, 3.63) is 12.4 Å². The number of aliphatic hydroxyl groups excluding tert-OH is 3. The van der Waals surface area contributed by atoms with Crippen molar-refractivity contribution >= 4 is 47.6 Å². The number of aliphatic carboxylic acids is 1. The molecule has 1 aliphatic rings. The highest BCUT2D eigenvalue weighted by molar-refractivity contribution is 8.13. The third-order valence-electron chi connectivity index (χ3n) is 6.29. The number of anilines is 1. The predicted octanol–water partition coefficient (Wildman–Crippen LogP) is 0.675. The molecule has 0 amide bonds. The average molecular weight is 639 g/mol. The van der Waals surface area contributed by atoms with E-state index in [1.54, 1.807) is 27.7 Å². The summed E-state index contributed by atoms with van der Waals surface area (Å²) >= 11 is 0.833. The van der Waals surface area contributed by atoms with Gasteiger partial charge in [-0.1, -0.05) is 25.6 Å². The van der Waals surface area contributed by atoms with E-state index in [9.17, 15) is 39.0 Å². The van der Waals surface area contributed by atoms with E-state index in [0.29, 0.717) is 0 Å². The fourth-order valence-electron chi connectivity index (χ4n) is 3.90. The number of nitrogens with zero attached hydrogens (tertiary/aromatic N) is 4. The number of carboxylic acid groups (broad SMARTS) is 1.